The molecular weight excluding hydrogens is 310 g/mol. The van der Waals surface area contributed by atoms with Crippen LogP contribution in [-0.4, -0.2) is 42.1 Å². The molecule has 0 aromatic heterocycles. The summed E-state index contributed by atoms with van der Waals surface area (Å²) in [4.78, 5) is 45.2. The minimum Gasteiger partial charge on any atom is -0.356 e. The van der Waals surface area contributed by atoms with Gasteiger partial charge >= 0.3 is 0 Å². The van der Waals surface area contributed by atoms with Crippen LogP contribution in [0.2, 0.25) is 0 Å². The van der Waals surface area contributed by atoms with Gasteiger partial charge in [-0.05, 0) is 20.8 Å². The average Bonchev–Trinajstić information content (AvgIpc) is 2.57. The highest BCUT2D eigenvalue weighted by molar-refractivity contribution is 5.91. The van der Waals surface area contributed by atoms with Crippen molar-refractivity contribution in [1.82, 2.24) is 16.0 Å². The zero-order valence-electron chi connectivity index (χ0n) is 16.4. The maximum atomic E-state index is 11.7. The molecule has 0 heterocycles. The summed E-state index contributed by atoms with van der Waals surface area (Å²) in [6.07, 6.45) is 0.467. The van der Waals surface area contributed by atoms with E-state index in [2.05, 4.69) is 16.0 Å². The third kappa shape index (κ3) is 15.0. The maximum absolute atomic E-state index is 11.7. The van der Waals surface area contributed by atoms with E-state index in [1.54, 1.807) is 13.8 Å². The van der Waals surface area contributed by atoms with E-state index in [9.17, 15) is 19.2 Å². The molecule has 24 heavy (non-hydrogen) atoms. The predicted octanol–water partition coefficient (Wildman–Crippen LogP) is 1.55. The maximum Gasteiger partial charge on any atom is 0.242 e. The largest absolute Gasteiger partial charge is 0.356 e. The molecule has 0 bridgehead atoms. The monoisotopic (exact) mass is 345 g/mol. The quantitative estimate of drug-likeness (QED) is 0.621. The van der Waals surface area contributed by atoms with Gasteiger partial charge in [-0.1, -0.05) is 34.6 Å². The number of hydrogen-bond acceptors (Lipinski definition) is 4. The van der Waals surface area contributed by atoms with Crippen molar-refractivity contribution in [3.8, 4) is 0 Å². The number of hydrogen-bond donors (Lipinski definition) is 3. The van der Waals surface area contributed by atoms with Gasteiger partial charge in [0.2, 0.25) is 17.7 Å². The standard InChI is InChI=1S/C13H23N3O4.2C2H6/c1-5-11(18)14-7-6-12(19)15-9(3)13(20)16-8(2)10(4)17;2*1-2/h8-9H,5-7H2,1-4H3,(H,14,18)(H,15,19)(H,16,20);2*1-2H3/t8-,9?;;/m0../s1. The molecule has 2 atom stereocenters. The van der Waals surface area contributed by atoms with Crippen LogP contribution >= 0.6 is 0 Å². The van der Waals surface area contributed by atoms with Crippen LogP contribution in [0.5, 0.6) is 0 Å². The summed E-state index contributed by atoms with van der Waals surface area (Å²) in [6, 6.07) is -1.31. The van der Waals surface area contributed by atoms with E-state index in [-0.39, 0.29) is 30.6 Å². The van der Waals surface area contributed by atoms with Crippen molar-refractivity contribution >= 4 is 23.5 Å². The Morgan fingerprint density at radius 2 is 1.33 bits per heavy atom. The number of carbonyl (C=O) groups excluding carboxylic acids is 4. The molecule has 7 heteroatoms. The topological polar surface area (TPSA) is 104 Å². The second-order valence-electron chi connectivity index (χ2n) is 4.58. The molecule has 0 aliphatic carbocycles. The highest BCUT2D eigenvalue weighted by atomic mass is 16.2. The number of amides is 3. The van der Waals surface area contributed by atoms with E-state index in [0.717, 1.165) is 0 Å². The number of carbonyl (C=O) groups is 4. The summed E-state index contributed by atoms with van der Waals surface area (Å²) in [6.45, 7) is 14.4. The van der Waals surface area contributed by atoms with Crippen molar-refractivity contribution in [2.75, 3.05) is 6.54 Å². The van der Waals surface area contributed by atoms with Crippen molar-refractivity contribution < 1.29 is 19.2 Å². The molecule has 0 saturated carbocycles. The Morgan fingerprint density at radius 1 is 0.833 bits per heavy atom. The van der Waals surface area contributed by atoms with Gasteiger partial charge in [-0.3, -0.25) is 19.2 Å². The Bertz CT molecular complexity index is 384. The van der Waals surface area contributed by atoms with Gasteiger partial charge in [-0.15, -0.1) is 0 Å². The van der Waals surface area contributed by atoms with Crippen molar-refractivity contribution in [3.63, 3.8) is 0 Å². The molecule has 0 fully saturated rings. The number of nitrogens with one attached hydrogen (secondary N) is 3. The SMILES string of the molecule is CC.CC.CCC(=O)NCCC(=O)NC(C)C(=O)N[C@@H](C)C(C)=O. The van der Waals surface area contributed by atoms with E-state index < -0.39 is 18.0 Å². The zero-order chi connectivity index (χ0) is 19.7. The first kappa shape index (κ1) is 27.0. The van der Waals surface area contributed by atoms with Gasteiger partial charge in [-0.25, -0.2) is 0 Å². The molecule has 0 aliphatic heterocycles. The number of ketones is 1. The molecule has 0 saturated heterocycles. The van der Waals surface area contributed by atoms with Crippen molar-refractivity contribution in [2.24, 2.45) is 0 Å². The highest BCUT2D eigenvalue weighted by Crippen LogP contribution is 1.90. The fraction of sp³-hybridized carbons (Fsp3) is 0.765. The normalized spacial score (nSPS) is 11.3. The van der Waals surface area contributed by atoms with Gasteiger partial charge in [-0.2, -0.15) is 0 Å². The minimum absolute atomic E-state index is 0.103. The summed E-state index contributed by atoms with van der Waals surface area (Å²) < 4.78 is 0. The first-order valence-electron chi connectivity index (χ1n) is 8.64. The lowest BCUT2D eigenvalue weighted by molar-refractivity contribution is -0.130. The van der Waals surface area contributed by atoms with Crippen LogP contribution in [0.1, 0.15) is 68.2 Å². The molecule has 142 valence electrons. The van der Waals surface area contributed by atoms with E-state index >= 15 is 0 Å². The zero-order valence-corrected chi connectivity index (χ0v) is 16.4. The first-order valence-corrected chi connectivity index (χ1v) is 8.64. The minimum atomic E-state index is -0.730. The Labute approximate surface area is 146 Å². The first-order chi connectivity index (χ1) is 11.3. The van der Waals surface area contributed by atoms with Gasteiger partial charge in [0.25, 0.3) is 0 Å². The smallest absolute Gasteiger partial charge is 0.242 e. The fourth-order valence-corrected chi connectivity index (χ4v) is 1.26. The highest BCUT2D eigenvalue weighted by Gasteiger charge is 2.18. The van der Waals surface area contributed by atoms with E-state index in [4.69, 9.17) is 0 Å². The van der Waals surface area contributed by atoms with Gasteiger partial charge in [0.15, 0.2) is 5.78 Å². The average molecular weight is 345 g/mol. The Balaban J connectivity index is -0.00000102. The molecule has 0 radical (unpaired) electrons. The van der Waals surface area contributed by atoms with Crippen LogP contribution in [0, 0.1) is 0 Å². The summed E-state index contributed by atoms with van der Waals surface area (Å²) in [7, 11) is 0. The molecule has 0 spiro atoms. The fourth-order valence-electron chi connectivity index (χ4n) is 1.26. The number of rotatable bonds is 8. The molecular formula is C17H35N3O4. The molecule has 0 rings (SSSR count). The summed E-state index contributed by atoms with van der Waals surface area (Å²) in [5, 5.41) is 7.56. The van der Waals surface area contributed by atoms with Crippen LogP contribution in [-0.2, 0) is 19.2 Å². The van der Waals surface area contributed by atoms with Crippen LogP contribution in [0.3, 0.4) is 0 Å². The lowest BCUT2D eigenvalue weighted by Crippen LogP contribution is -2.49. The molecule has 0 aliphatic rings. The third-order valence-electron chi connectivity index (χ3n) is 2.73. The molecule has 3 N–H and O–H groups in total. The van der Waals surface area contributed by atoms with Crippen LogP contribution < -0.4 is 16.0 Å². The Morgan fingerprint density at radius 3 is 1.75 bits per heavy atom. The molecule has 0 aromatic rings. The third-order valence-corrected chi connectivity index (χ3v) is 2.73. The van der Waals surface area contributed by atoms with E-state index in [1.165, 1.54) is 13.8 Å². The van der Waals surface area contributed by atoms with Gasteiger partial charge < -0.3 is 16.0 Å². The summed E-state index contributed by atoms with van der Waals surface area (Å²) in [5.74, 6) is -1.03. The second kappa shape index (κ2) is 17.4. The van der Waals surface area contributed by atoms with Crippen molar-refractivity contribution in [2.45, 2.75) is 80.3 Å². The summed E-state index contributed by atoms with van der Waals surface area (Å²) >= 11 is 0. The van der Waals surface area contributed by atoms with Crippen molar-refractivity contribution in [3.05, 3.63) is 0 Å². The van der Waals surface area contributed by atoms with E-state index in [0.29, 0.717) is 6.42 Å². The lowest BCUT2D eigenvalue weighted by Gasteiger charge is -2.16. The molecule has 7 nitrogen and oxygen atoms in total. The van der Waals surface area contributed by atoms with E-state index in [1.807, 2.05) is 27.7 Å². The van der Waals surface area contributed by atoms with Crippen LogP contribution in [0.4, 0.5) is 0 Å². The van der Waals surface area contributed by atoms with Gasteiger partial charge in [0.05, 0.1) is 6.04 Å². The lowest BCUT2D eigenvalue weighted by atomic mass is 10.2. The summed E-state index contributed by atoms with van der Waals surface area (Å²) in [5.41, 5.74) is 0. The molecule has 1 unspecified atom stereocenters. The molecule has 3 amide bonds. The number of Topliss-reactive ketones (excluding diaryl/α,β-unsaturated/α-hetero) is 1. The second-order valence-corrected chi connectivity index (χ2v) is 4.58. The molecule has 0 aromatic carbocycles. The Kier molecular flexibility index (Phi) is 19.6. The van der Waals surface area contributed by atoms with Crippen LogP contribution in [0.15, 0.2) is 0 Å². The van der Waals surface area contributed by atoms with Crippen LogP contribution in [0.25, 0.3) is 0 Å². The van der Waals surface area contributed by atoms with Gasteiger partial charge in [0.1, 0.15) is 6.04 Å². The van der Waals surface area contributed by atoms with Gasteiger partial charge in [0, 0.05) is 19.4 Å². The predicted molar refractivity (Wildman–Crippen MR) is 96.5 cm³/mol. The Hall–Kier alpha value is -1.92. The van der Waals surface area contributed by atoms with Crippen molar-refractivity contribution in [1.29, 1.82) is 0 Å².